The largest absolute Gasteiger partial charge is 0.383 e. The molecule has 2 rings (SSSR count). The molecule has 1 aliphatic heterocycles. The number of sulfonamides is 1. The van der Waals surface area contributed by atoms with E-state index in [1.165, 1.54) is 25.2 Å². The molecule has 1 aliphatic rings. The Balaban J connectivity index is 2.42. The van der Waals surface area contributed by atoms with Crippen molar-refractivity contribution in [2.24, 2.45) is 0 Å². The van der Waals surface area contributed by atoms with E-state index in [1.54, 1.807) is 6.92 Å². The van der Waals surface area contributed by atoms with Crippen LogP contribution < -0.4 is 10.0 Å². The van der Waals surface area contributed by atoms with Crippen LogP contribution in [0, 0.1) is 10.1 Å². The van der Waals surface area contributed by atoms with E-state index in [-0.39, 0.29) is 22.7 Å². The predicted octanol–water partition coefficient (Wildman–Crippen LogP) is 1.09. The molecule has 1 aromatic rings. The Hall–Kier alpha value is -1.71. The minimum Gasteiger partial charge on any atom is -0.383 e. The normalized spacial score (nSPS) is 22.2. The number of nitro groups is 1. The molecule has 1 heterocycles. The third-order valence-corrected chi connectivity index (χ3v) is 4.94. The molecule has 0 saturated carbocycles. The molecule has 0 spiro atoms. The lowest BCUT2D eigenvalue weighted by molar-refractivity contribution is -0.386. The van der Waals surface area contributed by atoms with Gasteiger partial charge < -0.3 is 10.1 Å². The van der Waals surface area contributed by atoms with Crippen molar-refractivity contribution in [1.29, 1.82) is 0 Å². The van der Waals surface area contributed by atoms with Gasteiger partial charge in [0, 0.05) is 13.7 Å². The fourth-order valence-corrected chi connectivity index (χ4v) is 3.81. The Morgan fingerprint density at radius 2 is 2.14 bits per heavy atom. The number of hydrogen-bond donors (Lipinski definition) is 2. The van der Waals surface area contributed by atoms with Gasteiger partial charge in [0.25, 0.3) is 0 Å². The lowest BCUT2D eigenvalue weighted by atomic mass is 10.2. The summed E-state index contributed by atoms with van der Waals surface area (Å²) in [7, 11) is -2.50. The molecule has 2 atom stereocenters. The predicted molar refractivity (Wildman–Crippen MR) is 76.8 cm³/mol. The summed E-state index contributed by atoms with van der Waals surface area (Å²) < 4.78 is 32.6. The molecule has 0 aliphatic carbocycles. The molecule has 2 N–H and O–H groups in total. The van der Waals surface area contributed by atoms with Crippen LogP contribution in [0.15, 0.2) is 23.1 Å². The number of ether oxygens (including phenoxy) is 1. The second-order valence-electron chi connectivity index (χ2n) is 4.75. The summed E-state index contributed by atoms with van der Waals surface area (Å²) in [4.78, 5) is 10.2. The van der Waals surface area contributed by atoms with Crippen LogP contribution >= 0.6 is 0 Å². The first kappa shape index (κ1) is 15.7. The highest BCUT2D eigenvalue weighted by atomic mass is 32.2. The zero-order chi connectivity index (χ0) is 15.6. The standard InChI is InChI=1S/C12H17N3O5S/c1-8-9(6-7-20-8)14-21(18,19)11-5-3-4-10(13-2)12(11)15(16)17/h3-5,8-9,13-14H,6-7H2,1-2H3. The van der Waals surface area contributed by atoms with E-state index in [1.807, 2.05) is 0 Å². The summed E-state index contributed by atoms with van der Waals surface area (Å²) in [5.74, 6) is 0. The van der Waals surface area contributed by atoms with Crippen molar-refractivity contribution in [3.63, 3.8) is 0 Å². The number of hydrogen-bond acceptors (Lipinski definition) is 6. The highest BCUT2D eigenvalue weighted by molar-refractivity contribution is 7.89. The van der Waals surface area contributed by atoms with Crippen molar-refractivity contribution in [2.75, 3.05) is 19.0 Å². The molecule has 0 bridgehead atoms. The topological polar surface area (TPSA) is 111 Å². The summed E-state index contributed by atoms with van der Waals surface area (Å²) in [6.07, 6.45) is 0.284. The Labute approximate surface area is 122 Å². The number of para-hydroxylation sites is 1. The van der Waals surface area contributed by atoms with Gasteiger partial charge in [-0.15, -0.1) is 0 Å². The molecule has 1 saturated heterocycles. The van der Waals surface area contributed by atoms with E-state index < -0.39 is 20.6 Å². The molecule has 9 heteroatoms. The average molecular weight is 315 g/mol. The minimum atomic E-state index is -4.00. The second kappa shape index (κ2) is 5.96. The van der Waals surface area contributed by atoms with Gasteiger partial charge in [-0.3, -0.25) is 10.1 Å². The Morgan fingerprint density at radius 3 is 2.67 bits per heavy atom. The van der Waals surface area contributed by atoms with Gasteiger partial charge in [0.15, 0.2) is 4.90 Å². The maximum atomic E-state index is 12.4. The van der Waals surface area contributed by atoms with Gasteiger partial charge in [0.1, 0.15) is 5.69 Å². The molecular formula is C12H17N3O5S. The molecule has 8 nitrogen and oxygen atoms in total. The molecule has 2 unspecified atom stereocenters. The monoisotopic (exact) mass is 315 g/mol. The van der Waals surface area contributed by atoms with Crippen LogP contribution in [-0.4, -0.2) is 39.1 Å². The highest BCUT2D eigenvalue weighted by Crippen LogP contribution is 2.32. The van der Waals surface area contributed by atoms with Crippen LogP contribution in [0.1, 0.15) is 13.3 Å². The Kier molecular flexibility index (Phi) is 4.45. The minimum absolute atomic E-state index is 0.151. The van der Waals surface area contributed by atoms with E-state index in [0.717, 1.165) is 0 Å². The van der Waals surface area contributed by atoms with Gasteiger partial charge >= 0.3 is 5.69 Å². The maximum Gasteiger partial charge on any atom is 0.312 e. The van der Waals surface area contributed by atoms with Crippen LogP contribution in [0.3, 0.4) is 0 Å². The molecule has 116 valence electrons. The van der Waals surface area contributed by atoms with E-state index >= 15 is 0 Å². The van der Waals surface area contributed by atoms with E-state index in [9.17, 15) is 18.5 Å². The molecule has 0 aromatic heterocycles. The number of anilines is 1. The molecular weight excluding hydrogens is 298 g/mol. The summed E-state index contributed by atoms with van der Waals surface area (Å²) in [5.41, 5.74) is -0.308. The van der Waals surface area contributed by atoms with Crippen molar-refractivity contribution in [1.82, 2.24) is 4.72 Å². The van der Waals surface area contributed by atoms with Crippen molar-refractivity contribution in [3.05, 3.63) is 28.3 Å². The highest BCUT2D eigenvalue weighted by Gasteiger charge is 2.34. The van der Waals surface area contributed by atoms with Gasteiger partial charge in [-0.25, -0.2) is 13.1 Å². The van der Waals surface area contributed by atoms with E-state index in [4.69, 9.17) is 4.74 Å². The van der Waals surface area contributed by atoms with Gasteiger partial charge in [-0.2, -0.15) is 0 Å². The first-order valence-electron chi connectivity index (χ1n) is 6.46. The Morgan fingerprint density at radius 1 is 1.43 bits per heavy atom. The van der Waals surface area contributed by atoms with Crippen molar-refractivity contribution in [3.8, 4) is 0 Å². The molecule has 0 amide bonds. The summed E-state index contributed by atoms with van der Waals surface area (Å²) >= 11 is 0. The van der Waals surface area contributed by atoms with Crippen LogP contribution in [0.2, 0.25) is 0 Å². The van der Waals surface area contributed by atoms with Gasteiger partial charge in [0.2, 0.25) is 10.0 Å². The average Bonchev–Trinajstić information content (AvgIpc) is 2.82. The summed E-state index contributed by atoms with van der Waals surface area (Å²) in [6.45, 7) is 2.23. The number of nitrogens with zero attached hydrogens (tertiary/aromatic N) is 1. The van der Waals surface area contributed by atoms with Crippen LogP contribution in [0.4, 0.5) is 11.4 Å². The van der Waals surface area contributed by atoms with Gasteiger partial charge in [-0.1, -0.05) is 6.07 Å². The lowest BCUT2D eigenvalue weighted by Crippen LogP contribution is -2.39. The van der Waals surface area contributed by atoms with Crippen molar-refractivity contribution >= 4 is 21.4 Å². The second-order valence-corrected chi connectivity index (χ2v) is 6.43. The SMILES string of the molecule is CNc1cccc(S(=O)(=O)NC2CCOC2C)c1[N+](=O)[O-]. The molecule has 0 radical (unpaired) electrons. The zero-order valence-corrected chi connectivity index (χ0v) is 12.5. The first-order chi connectivity index (χ1) is 9.86. The van der Waals surface area contributed by atoms with Gasteiger partial charge in [0.05, 0.1) is 17.1 Å². The summed E-state index contributed by atoms with van der Waals surface area (Å²) in [6, 6.07) is 3.76. The molecule has 1 fully saturated rings. The van der Waals surface area contributed by atoms with Crippen LogP contribution in [0.5, 0.6) is 0 Å². The fraction of sp³-hybridized carbons (Fsp3) is 0.500. The van der Waals surface area contributed by atoms with Crippen molar-refractivity contribution < 1.29 is 18.1 Å². The van der Waals surface area contributed by atoms with Crippen LogP contribution in [-0.2, 0) is 14.8 Å². The maximum absolute atomic E-state index is 12.4. The molecule has 21 heavy (non-hydrogen) atoms. The number of benzene rings is 1. The third kappa shape index (κ3) is 3.14. The van der Waals surface area contributed by atoms with Gasteiger partial charge in [-0.05, 0) is 25.5 Å². The zero-order valence-electron chi connectivity index (χ0n) is 11.7. The first-order valence-corrected chi connectivity index (χ1v) is 7.94. The van der Waals surface area contributed by atoms with E-state index in [2.05, 4.69) is 10.0 Å². The Bertz CT molecular complexity index is 646. The summed E-state index contributed by atoms with van der Waals surface area (Å²) in [5, 5.41) is 13.8. The third-order valence-electron chi connectivity index (χ3n) is 3.42. The smallest absolute Gasteiger partial charge is 0.312 e. The number of nitrogens with one attached hydrogen (secondary N) is 2. The van der Waals surface area contributed by atoms with Crippen molar-refractivity contribution in [2.45, 2.75) is 30.4 Å². The number of rotatable bonds is 5. The van der Waals surface area contributed by atoms with E-state index in [0.29, 0.717) is 13.0 Å². The number of nitro benzene ring substituents is 1. The quantitative estimate of drug-likeness (QED) is 0.621. The van der Waals surface area contributed by atoms with Crippen LogP contribution in [0.25, 0.3) is 0 Å². The molecule has 1 aromatic carbocycles. The fourth-order valence-electron chi connectivity index (χ4n) is 2.28. The lowest BCUT2D eigenvalue weighted by Gasteiger charge is -2.16.